The molecule has 29 valence electrons. The first-order valence-electron chi connectivity index (χ1n) is 0. The van der Waals surface area contributed by atoms with Crippen LogP contribution in [0.5, 0.6) is 0 Å². The summed E-state index contributed by atoms with van der Waals surface area (Å²) in [5, 5.41) is 0. The smallest absolute Gasteiger partial charge is 1.00 e. The van der Waals surface area contributed by atoms with Gasteiger partial charge in [0.15, 0.2) is 0 Å². The van der Waals surface area contributed by atoms with E-state index in [2.05, 4.69) is 0 Å². The van der Waals surface area contributed by atoms with E-state index in [0.29, 0.717) is 0 Å². The first-order valence-corrected chi connectivity index (χ1v) is 0. The maximum absolute atomic E-state index is 0. The fraction of sp³-hybridized carbons (Fsp3) is 0. The zero-order valence-corrected chi connectivity index (χ0v) is 10.4. The third-order valence-electron chi connectivity index (χ3n) is 0. The van der Waals surface area contributed by atoms with Gasteiger partial charge < -0.3 is 8.33 Å². The van der Waals surface area contributed by atoms with Crippen LogP contribution in [-0.2, 0) is 58.3 Å². The zero-order valence-electron chi connectivity index (χ0n) is 4.72. The predicted molar refractivity (Wildman–Crippen MR) is 11.6 cm³/mol. The van der Waals surface area contributed by atoms with Crippen molar-refractivity contribution < 1.29 is 66.6 Å². The molecule has 0 unspecified atom stereocenters. The summed E-state index contributed by atoms with van der Waals surface area (Å²) in [6.07, 6.45) is 0. The molecule has 0 rings (SSSR count). The Morgan fingerprint density at radius 3 is 1.20 bits per heavy atom. The molecule has 0 aliphatic rings. The Morgan fingerprint density at radius 2 is 1.20 bits per heavy atom. The van der Waals surface area contributed by atoms with Crippen LogP contribution >= 0.6 is 0 Å². The zero-order chi connectivity index (χ0) is 0. The van der Waals surface area contributed by atoms with Gasteiger partial charge in [-0.05, 0) is 0 Å². The van der Waals surface area contributed by atoms with Gasteiger partial charge in [-0.2, -0.15) is 0 Å². The summed E-state index contributed by atoms with van der Waals surface area (Å²) in [6.45, 7) is 0. The molecule has 0 saturated heterocycles. The second-order valence-electron chi connectivity index (χ2n) is 0. The van der Waals surface area contributed by atoms with Crippen LogP contribution in [0.15, 0.2) is 0 Å². The van der Waals surface area contributed by atoms with Gasteiger partial charge in [-0.1, -0.05) is 0 Å². The topological polar surface area (TPSA) is 31.5 Å². The summed E-state index contributed by atoms with van der Waals surface area (Å²) in [6, 6.07) is 0. The van der Waals surface area contributed by atoms with Crippen molar-refractivity contribution in [1.82, 2.24) is 0 Å². The van der Waals surface area contributed by atoms with Crippen molar-refractivity contribution in [3.05, 3.63) is 0 Å². The monoisotopic (exact) mass is 235 g/mol. The summed E-state index contributed by atoms with van der Waals surface area (Å²) in [4.78, 5) is 0. The van der Waals surface area contributed by atoms with Crippen molar-refractivity contribution in [2.45, 2.75) is 0 Å². The molecule has 5 heavy (non-hydrogen) atoms. The van der Waals surface area contributed by atoms with Gasteiger partial charge in [0.05, 0.1) is 0 Å². The average molecular weight is 237 g/mol. The van der Waals surface area contributed by atoms with Crippen LogP contribution in [0.3, 0.4) is 0 Å². The molecule has 0 heterocycles. The molecule has 0 atom stereocenters. The quantitative estimate of drug-likeness (QED) is 0.484. The molecule has 0 aromatic carbocycles. The summed E-state index contributed by atoms with van der Waals surface area (Å²) in [5.41, 5.74) is 0. The van der Waals surface area contributed by atoms with E-state index in [9.17, 15) is 0 Å². The fourth-order valence-electron chi connectivity index (χ4n) is 0. The summed E-state index contributed by atoms with van der Waals surface area (Å²) in [5.74, 6) is 0. The second kappa shape index (κ2) is 27.6. The Balaban J connectivity index is 0. The summed E-state index contributed by atoms with van der Waals surface area (Å²) < 4.78 is 0. The van der Waals surface area contributed by atoms with Gasteiger partial charge >= 0.3 is 37.7 Å². The van der Waals surface area contributed by atoms with E-state index in [0.717, 1.165) is 0 Å². The van der Waals surface area contributed by atoms with Crippen LogP contribution in [0.4, 0.5) is 0 Å². The van der Waals surface area contributed by atoms with E-state index in [1.54, 1.807) is 0 Å². The molecule has 0 aromatic heterocycles. The van der Waals surface area contributed by atoms with Gasteiger partial charge in [0, 0.05) is 58.3 Å². The fourth-order valence-corrected chi connectivity index (χ4v) is 0. The molecule has 0 amide bonds. The Kier molecular flexibility index (Phi) is 236. The van der Waals surface area contributed by atoms with Gasteiger partial charge in [-0.15, -0.1) is 0 Å². The molecule has 5 heteroatoms. The van der Waals surface area contributed by atoms with Crippen LogP contribution < -0.4 is 0 Å². The van der Waals surface area contributed by atoms with Gasteiger partial charge in [-0.25, -0.2) is 0 Å². The van der Waals surface area contributed by atoms with Crippen molar-refractivity contribution in [1.29, 1.82) is 0 Å². The van der Waals surface area contributed by atoms with Crippen LogP contribution in [0.1, 0.15) is 2.85 Å². The minimum Gasteiger partial charge on any atom is -1.00 e. The van der Waals surface area contributed by atoms with Gasteiger partial charge in [0.25, 0.3) is 0 Å². The molecule has 0 aromatic rings. The van der Waals surface area contributed by atoms with Crippen LogP contribution in [0.25, 0.3) is 0 Å². The average Bonchev–Trinajstić information content (AvgIpc) is 0. The Morgan fingerprint density at radius 1 is 1.20 bits per heavy atom. The van der Waals surface area contributed by atoms with Crippen molar-refractivity contribution in [3.63, 3.8) is 0 Å². The van der Waals surface area contributed by atoms with Gasteiger partial charge in [0.1, 0.15) is 0 Å². The first kappa shape index (κ1) is 42.7. The Bertz CT molecular complexity index is 17.7. The van der Waals surface area contributed by atoms with E-state index in [1.165, 1.54) is 0 Å². The van der Waals surface area contributed by atoms with Crippen molar-refractivity contribution in [2.75, 3.05) is 0 Å². The molecule has 0 fully saturated rings. The predicted octanol–water partition coefficient (Wildman–Crippen LogP) is -0.988. The molecule has 0 spiro atoms. The maximum Gasteiger partial charge on any atom is 2.00 e. The van der Waals surface area contributed by atoms with Crippen LogP contribution in [-0.4, -0.2) is 43.2 Å². The number of rotatable bonds is 0. The first-order chi connectivity index (χ1) is 0. The number of hydrogen-bond acceptors (Lipinski definition) is 0. The van der Waals surface area contributed by atoms with Gasteiger partial charge in [0.2, 0.25) is 0 Å². The van der Waals surface area contributed by atoms with Crippen molar-refractivity contribution in [2.24, 2.45) is 0 Å². The molecule has 0 saturated carbocycles. The maximum atomic E-state index is 0. The molecular weight excluding hydrogens is 233 g/mol. The van der Waals surface area contributed by atoms with E-state index in [-0.39, 0.29) is 104 Å². The van der Waals surface area contributed by atoms with E-state index in [1.807, 2.05) is 0 Å². The van der Waals surface area contributed by atoms with Crippen LogP contribution in [0, 0.1) is 0 Å². The largest absolute Gasteiger partial charge is 2.00 e. The molecule has 2 N–H and O–H groups in total. The minimum atomic E-state index is 0. The normalized spacial score (nSPS) is 0. The third-order valence-corrected chi connectivity index (χ3v) is 0. The molecule has 0 aliphatic heterocycles. The molecular formula is H4CaCuOTiZn. The molecule has 1 radical (unpaired) electrons. The van der Waals surface area contributed by atoms with E-state index < -0.39 is 0 Å². The summed E-state index contributed by atoms with van der Waals surface area (Å²) in [7, 11) is 0. The van der Waals surface area contributed by atoms with E-state index in [4.69, 9.17) is 0 Å². The van der Waals surface area contributed by atoms with Gasteiger partial charge in [-0.3, -0.25) is 0 Å². The van der Waals surface area contributed by atoms with E-state index >= 15 is 0 Å². The third kappa shape index (κ3) is 19.3. The standard InChI is InChI=1S/Ca.Cu.H2O.Ti.Zn.2H/h;;1H2;;;;/q+2;;;;;2*-1. The van der Waals surface area contributed by atoms with Crippen molar-refractivity contribution in [3.8, 4) is 0 Å². The second-order valence-corrected chi connectivity index (χ2v) is 0. The SMILES string of the molecule is O.[Ca+2].[Cu].[H-].[H-].[Ti].[Zn]. The Hall–Kier alpha value is 3.08. The van der Waals surface area contributed by atoms with Crippen molar-refractivity contribution >= 4 is 37.7 Å². The number of hydrogen-bond donors (Lipinski definition) is 0. The Labute approximate surface area is 102 Å². The molecule has 0 aliphatic carbocycles. The molecule has 1 nitrogen and oxygen atoms in total. The van der Waals surface area contributed by atoms with Crippen LogP contribution in [0.2, 0.25) is 0 Å². The molecule has 0 bridgehead atoms. The summed E-state index contributed by atoms with van der Waals surface area (Å²) >= 11 is 0. The minimum absolute atomic E-state index is 0.